The minimum atomic E-state index is 0.613. The first kappa shape index (κ1) is 10.4. The molecule has 0 spiro atoms. The summed E-state index contributed by atoms with van der Waals surface area (Å²) in [5.41, 5.74) is 2.67. The first-order chi connectivity index (χ1) is 7.35. The molecule has 15 heavy (non-hydrogen) atoms. The summed E-state index contributed by atoms with van der Waals surface area (Å²) in [6, 6.07) is 4.83. The van der Waals surface area contributed by atoms with Gasteiger partial charge in [0.2, 0.25) is 5.96 Å². The molecule has 0 aromatic carbocycles. The highest BCUT2D eigenvalue weighted by molar-refractivity contribution is 7.09. The zero-order chi connectivity index (χ0) is 10.7. The molecule has 1 heterocycles. The lowest BCUT2D eigenvalue weighted by molar-refractivity contribution is 0.391. The van der Waals surface area contributed by atoms with Crippen LogP contribution in [0.1, 0.15) is 17.7 Å². The number of hydrogen-bond donors (Lipinski definition) is 2. The molecule has 0 amide bonds. The first-order valence-electron chi connectivity index (χ1n) is 5.07. The lowest BCUT2D eigenvalue weighted by atomic mass is 10.4. The number of thiophene rings is 1. The Morgan fingerprint density at radius 1 is 1.73 bits per heavy atom. The number of hydrazine groups is 1. The smallest absolute Gasteiger partial charge is 0.208 e. The maximum absolute atomic E-state index is 5.46. The van der Waals surface area contributed by atoms with E-state index in [2.05, 4.69) is 32.8 Å². The lowest BCUT2D eigenvalue weighted by Crippen LogP contribution is -2.45. The minimum Gasteiger partial charge on any atom is -0.334 e. The van der Waals surface area contributed by atoms with Gasteiger partial charge in [0.05, 0.1) is 6.54 Å². The number of aliphatic imine (C=N–C) groups is 1. The molecule has 1 aliphatic carbocycles. The van der Waals surface area contributed by atoms with Crippen LogP contribution >= 0.6 is 11.3 Å². The van der Waals surface area contributed by atoms with Crippen molar-refractivity contribution in [2.24, 2.45) is 10.8 Å². The van der Waals surface area contributed by atoms with Gasteiger partial charge in [0.1, 0.15) is 0 Å². The molecule has 0 radical (unpaired) electrons. The molecule has 3 N–H and O–H groups in total. The summed E-state index contributed by atoms with van der Waals surface area (Å²) in [5, 5.41) is 2.10. The van der Waals surface area contributed by atoms with Crippen LogP contribution in [0.25, 0.3) is 0 Å². The second kappa shape index (κ2) is 4.63. The van der Waals surface area contributed by atoms with Gasteiger partial charge in [-0.15, -0.1) is 11.3 Å². The summed E-state index contributed by atoms with van der Waals surface area (Å²) in [6.07, 6.45) is 2.48. The van der Waals surface area contributed by atoms with Gasteiger partial charge < -0.3 is 4.90 Å². The summed E-state index contributed by atoms with van der Waals surface area (Å²) in [6.45, 7) is 0.902. The van der Waals surface area contributed by atoms with Crippen molar-refractivity contribution in [3.05, 3.63) is 22.4 Å². The molecule has 1 aromatic heterocycles. The third-order valence-corrected chi connectivity index (χ3v) is 3.37. The van der Waals surface area contributed by atoms with Crippen LogP contribution in [-0.4, -0.2) is 23.9 Å². The van der Waals surface area contributed by atoms with Crippen molar-refractivity contribution in [1.82, 2.24) is 10.3 Å². The number of nitrogens with zero attached hydrogens (tertiary/aromatic N) is 2. The first-order valence-corrected chi connectivity index (χ1v) is 5.95. The molecule has 1 aliphatic rings. The van der Waals surface area contributed by atoms with Crippen LogP contribution in [0.5, 0.6) is 0 Å². The minimum absolute atomic E-state index is 0.613. The highest BCUT2D eigenvalue weighted by Gasteiger charge is 2.31. The van der Waals surface area contributed by atoms with E-state index in [-0.39, 0.29) is 0 Å². The summed E-state index contributed by atoms with van der Waals surface area (Å²) < 4.78 is 0. The molecule has 0 bridgehead atoms. The Labute approximate surface area is 93.8 Å². The van der Waals surface area contributed by atoms with Gasteiger partial charge in [0.25, 0.3) is 0 Å². The third kappa shape index (κ3) is 2.49. The van der Waals surface area contributed by atoms with Gasteiger partial charge >= 0.3 is 0 Å². The standard InChI is InChI=1S/C10H16N4S/c1-12-10(13-11)14(8-4-5-8)7-9-3-2-6-15-9/h2-3,6,8H,4-5,7,11H2,1H3,(H,12,13). The molecule has 0 atom stereocenters. The van der Waals surface area contributed by atoms with E-state index in [0.717, 1.165) is 12.5 Å². The normalized spacial score (nSPS) is 16.5. The largest absolute Gasteiger partial charge is 0.334 e. The Morgan fingerprint density at radius 3 is 3.00 bits per heavy atom. The number of nitrogens with one attached hydrogen (secondary N) is 1. The molecule has 82 valence electrons. The van der Waals surface area contributed by atoms with E-state index >= 15 is 0 Å². The fourth-order valence-electron chi connectivity index (χ4n) is 1.61. The molecule has 5 heteroatoms. The summed E-state index contributed by atoms with van der Waals surface area (Å²) in [4.78, 5) is 7.75. The lowest BCUT2D eigenvalue weighted by Gasteiger charge is -2.24. The zero-order valence-electron chi connectivity index (χ0n) is 8.81. The maximum atomic E-state index is 5.46. The Kier molecular flexibility index (Phi) is 3.23. The van der Waals surface area contributed by atoms with Crippen molar-refractivity contribution in [3.63, 3.8) is 0 Å². The van der Waals surface area contributed by atoms with Crippen molar-refractivity contribution >= 4 is 17.3 Å². The van der Waals surface area contributed by atoms with Gasteiger partial charge in [0.15, 0.2) is 0 Å². The fraction of sp³-hybridized carbons (Fsp3) is 0.500. The number of guanidine groups is 1. The molecular formula is C10H16N4S. The monoisotopic (exact) mass is 224 g/mol. The van der Waals surface area contributed by atoms with E-state index in [0.29, 0.717) is 6.04 Å². The van der Waals surface area contributed by atoms with Crippen molar-refractivity contribution in [2.45, 2.75) is 25.4 Å². The van der Waals surface area contributed by atoms with Crippen molar-refractivity contribution in [2.75, 3.05) is 7.05 Å². The van der Waals surface area contributed by atoms with E-state index in [1.54, 1.807) is 18.4 Å². The van der Waals surface area contributed by atoms with Crippen LogP contribution in [-0.2, 0) is 6.54 Å². The highest BCUT2D eigenvalue weighted by Crippen LogP contribution is 2.29. The van der Waals surface area contributed by atoms with Crippen LogP contribution in [0, 0.1) is 0 Å². The number of rotatable bonds is 3. The van der Waals surface area contributed by atoms with E-state index in [9.17, 15) is 0 Å². The summed E-state index contributed by atoms with van der Waals surface area (Å²) in [5.74, 6) is 6.24. The summed E-state index contributed by atoms with van der Waals surface area (Å²) >= 11 is 1.77. The van der Waals surface area contributed by atoms with Crippen LogP contribution in [0.3, 0.4) is 0 Å². The van der Waals surface area contributed by atoms with Gasteiger partial charge in [-0.3, -0.25) is 10.4 Å². The van der Waals surface area contributed by atoms with Gasteiger partial charge in [-0.2, -0.15) is 0 Å². The third-order valence-electron chi connectivity index (χ3n) is 2.51. The van der Waals surface area contributed by atoms with Crippen LogP contribution in [0.15, 0.2) is 22.5 Å². The average Bonchev–Trinajstić information content (AvgIpc) is 2.97. The Balaban J connectivity index is 2.06. The predicted molar refractivity (Wildman–Crippen MR) is 63.6 cm³/mol. The fourth-order valence-corrected chi connectivity index (χ4v) is 2.31. The van der Waals surface area contributed by atoms with Gasteiger partial charge in [-0.25, -0.2) is 5.84 Å². The molecule has 1 aromatic rings. The Bertz CT molecular complexity index is 329. The average molecular weight is 224 g/mol. The number of hydrogen-bond acceptors (Lipinski definition) is 3. The predicted octanol–water partition coefficient (Wildman–Crippen LogP) is 1.16. The van der Waals surface area contributed by atoms with Gasteiger partial charge in [-0.1, -0.05) is 6.07 Å². The van der Waals surface area contributed by atoms with E-state index in [4.69, 9.17) is 5.84 Å². The second-order valence-corrected chi connectivity index (χ2v) is 4.66. The molecule has 0 aliphatic heterocycles. The highest BCUT2D eigenvalue weighted by atomic mass is 32.1. The van der Waals surface area contributed by atoms with E-state index < -0.39 is 0 Å². The van der Waals surface area contributed by atoms with Crippen molar-refractivity contribution < 1.29 is 0 Å². The van der Waals surface area contributed by atoms with E-state index in [1.165, 1.54) is 17.7 Å². The van der Waals surface area contributed by atoms with Gasteiger partial charge in [0, 0.05) is 18.0 Å². The summed E-state index contributed by atoms with van der Waals surface area (Å²) in [7, 11) is 1.76. The maximum Gasteiger partial charge on any atom is 0.208 e. The quantitative estimate of drug-likeness (QED) is 0.351. The van der Waals surface area contributed by atoms with E-state index in [1.807, 2.05) is 0 Å². The van der Waals surface area contributed by atoms with Crippen LogP contribution in [0.4, 0.5) is 0 Å². The second-order valence-electron chi connectivity index (χ2n) is 3.63. The molecule has 2 rings (SSSR count). The van der Waals surface area contributed by atoms with Gasteiger partial charge in [-0.05, 0) is 24.3 Å². The topological polar surface area (TPSA) is 53.6 Å². The molecule has 4 nitrogen and oxygen atoms in total. The Morgan fingerprint density at radius 2 is 2.53 bits per heavy atom. The van der Waals surface area contributed by atoms with Crippen LogP contribution in [0.2, 0.25) is 0 Å². The van der Waals surface area contributed by atoms with Crippen molar-refractivity contribution in [3.8, 4) is 0 Å². The zero-order valence-corrected chi connectivity index (χ0v) is 9.63. The molecule has 1 fully saturated rings. The Hall–Kier alpha value is -1.07. The SMILES string of the molecule is CN=C(NN)N(Cc1cccs1)C1CC1. The molecule has 1 saturated carbocycles. The molecular weight excluding hydrogens is 208 g/mol. The van der Waals surface area contributed by atoms with Crippen LogP contribution < -0.4 is 11.3 Å². The molecule has 0 saturated heterocycles. The van der Waals surface area contributed by atoms with Crippen molar-refractivity contribution in [1.29, 1.82) is 0 Å². The number of nitrogens with two attached hydrogens (primary N) is 1. The molecule has 0 unspecified atom stereocenters.